The van der Waals surface area contributed by atoms with E-state index in [1.54, 1.807) is 0 Å². The highest BCUT2D eigenvalue weighted by atomic mass is 32.2. The van der Waals surface area contributed by atoms with Gasteiger partial charge in [0.1, 0.15) is 5.54 Å². The number of nitrogens with one attached hydrogen (secondary N) is 1. The molecule has 1 fully saturated rings. The molecule has 0 unspecified atom stereocenters. The highest BCUT2D eigenvalue weighted by Gasteiger charge is 2.51. The van der Waals surface area contributed by atoms with Crippen LogP contribution in [0.25, 0.3) is 0 Å². The fourth-order valence-electron chi connectivity index (χ4n) is 1.54. The Morgan fingerprint density at radius 1 is 1.32 bits per heavy atom. The van der Waals surface area contributed by atoms with E-state index in [-0.39, 0.29) is 5.75 Å². The largest absolute Gasteiger partial charge is 0.480 e. The minimum Gasteiger partial charge on any atom is -0.480 e. The Bertz CT molecular complexity index is 532. The number of aliphatic carboxylic acids is 1. The first-order valence-electron chi connectivity index (χ1n) is 5.55. The van der Waals surface area contributed by atoms with Crippen molar-refractivity contribution in [3.63, 3.8) is 0 Å². The zero-order valence-electron chi connectivity index (χ0n) is 9.78. The van der Waals surface area contributed by atoms with E-state index >= 15 is 0 Å². The number of halogens is 2. The van der Waals surface area contributed by atoms with Crippen LogP contribution in [-0.4, -0.2) is 28.3 Å². The first kappa shape index (κ1) is 13.8. The second kappa shape index (κ2) is 5.16. The van der Waals surface area contributed by atoms with E-state index < -0.39 is 29.0 Å². The smallest absolute Gasteiger partial charge is 0.329 e. The predicted molar refractivity (Wildman–Crippen MR) is 64.8 cm³/mol. The van der Waals surface area contributed by atoms with Crippen molar-refractivity contribution < 1.29 is 23.5 Å². The zero-order valence-corrected chi connectivity index (χ0v) is 10.6. The number of rotatable bonds is 5. The molecule has 1 saturated carbocycles. The fourth-order valence-corrected chi connectivity index (χ4v) is 2.26. The van der Waals surface area contributed by atoms with Crippen LogP contribution in [0.5, 0.6) is 0 Å². The molecular formula is C12H11F2NO3S. The summed E-state index contributed by atoms with van der Waals surface area (Å²) in [5, 5.41) is 11.3. The molecule has 2 N–H and O–H groups in total. The molecule has 1 amide bonds. The highest BCUT2D eigenvalue weighted by Crippen LogP contribution is 2.35. The lowest BCUT2D eigenvalue weighted by atomic mass is 10.3. The van der Waals surface area contributed by atoms with Gasteiger partial charge in [-0.3, -0.25) is 4.79 Å². The van der Waals surface area contributed by atoms with E-state index in [9.17, 15) is 18.4 Å². The van der Waals surface area contributed by atoms with E-state index in [0.29, 0.717) is 17.7 Å². The van der Waals surface area contributed by atoms with E-state index in [4.69, 9.17) is 5.11 Å². The van der Waals surface area contributed by atoms with Gasteiger partial charge < -0.3 is 10.4 Å². The van der Waals surface area contributed by atoms with Crippen LogP contribution in [0.3, 0.4) is 0 Å². The van der Waals surface area contributed by atoms with Gasteiger partial charge in [0.2, 0.25) is 5.91 Å². The average molecular weight is 287 g/mol. The summed E-state index contributed by atoms with van der Waals surface area (Å²) in [6.45, 7) is 0. The lowest BCUT2D eigenvalue weighted by Crippen LogP contribution is -2.43. The van der Waals surface area contributed by atoms with Gasteiger partial charge in [-0.2, -0.15) is 0 Å². The third kappa shape index (κ3) is 3.23. The van der Waals surface area contributed by atoms with Gasteiger partial charge in [-0.05, 0) is 31.0 Å². The number of carboxylic acid groups (broad SMARTS) is 1. The van der Waals surface area contributed by atoms with Crippen LogP contribution in [-0.2, 0) is 9.59 Å². The van der Waals surface area contributed by atoms with Gasteiger partial charge in [0.25, 0.3) is 0 Å². The Balaban J connectivity index is 1.87. The van der Waals surface area contributed by atoms with Crippen molar-refractivity contribution in [2.24, 2.45) is 0 Å². The van der Waals surface area contributed by atoms with Crippen molar-refractivity contribution in [2.75, 3.05) is 5.75 Å². The fraction of sp³-hybridized carbons (Fsp3) is 0.333. The van der Waals surface area contributed by atoms with Gasteiger partial charge in [-0.25, -0.2) is 13.6 Å². The summed E-state index contributed by atoms with van der Waals surface area (Å²) >= 11 is 1.02. The summed E-state index contributed by atoms with van der Waals surface area (Å²) in [5.74, 6) is -3.44. The van der Waals surface area contributed by atoms with Crippen LogP contribution in [0, 0.1) is 11.6 Å². The number of hydrogen-bond acceptors (Lipinski definition) is 3. The van der Waals surface area contributed by atoms with Crippen molar-refractivity contribution >= 4 is 23.6 Å². The number of hydrogen-bond donors (Lipinski definition) is 2. The molecule has 0 saturated heterocycles. The molecule has 19 heavy (non-hydrogen) atoms. The molecule has 0 radical (unpaired) electrons. The molecule has 0 atom stereocenters. The molecule has 1 aromatic carbocycles. The summed E-state index contributed by atoms with van der Waals surface area (Å²) in [6.07, 6.45) is 0.841. The Labute approximate surface area is 112 Å². The molecule has 1 aliphatic carbocycles. The lowest BCUT2D eigenvalue weighted by molar-refractivity contribution is -0.142. The molecule has 0 heterocycles. The van der Waals surface area contributed by atoms with Crippen LogP contribution < -0.4 is 5.32 Å². The zero-order chi connectivity index (χ0) is 14.0. The first-order chi connectivity index (χ1) is 8.93. The predicted octanol–water partition coefficient (Wildman–Crippen LogP) is 1.79. The van der Waals surface area contributed by atoms with Gasteiger partial charge in [0, 0.05) is 4.90 Å². The van der Waals surface area contributed by atoms with Crippen LogP contribution in [0.15, 0.2) is 23.1 Å². The molecular weight excluding hydrogens is 276 g/mol. The van der Waals surface area contributed by atoms with Crippen LogP contribution in [0.4, 0.5) is 8.78 Å². The van der Waals surface area contributed by atoms with Gasteiger partial charge in [0.05, 0.1) is 5.75 Å². The molecule has 0 aromatic heterocycles. The maximum absolute atomic E-state index is 12.9. The number of benzene rings is 1. The third-order valence-electron chi connectivity index (χ3n) is 2.80. The Morgan fingerprint density at radius 3 is 2.53 bits per heavy atom. The lowest BCUT2D eigenvalue weighted by Gasteiger charge is -2.12. The maximum atomic E-state index is 12.9. The van der Waals surface area contributed by atoms with E-state index in [1.807, 2.05) is 0 Å². The summed E-state index contributed by atoms with van der Waals surface area (Å²) in [4.78, 5) is 22.8. The molecule has 2 rings (SSSR count). The topological polar surface area (TPSA) is 66.4 Å². The average Bonchev–Trinajstić information content (AvgIpc) is 3.12. The summed E-state index contributed by atoms with van der Waals surface area (Å²) in [5.41, 5.74) is -1.12. The molecule has 0 aliphatic heterocycles. The van der Waals surface area contributed by atoms with E-state index in [1.165, 1.54) is 6.07 Å². The number of carboxylic acids is 1. The maximum Gasteiger partial charge on any atom is 0.329 e. The van der Waals surface area contributed by atoms with E-state index in [2.05, 4.69) is 5.32 Å². The van der Waals surface area contributed by atoms with Crippen molar-refractivity contribution in [3.05, 3.63) is 29.8 Å². The highest BCUT2D eigenvalue weighted by molar-refractivity contribution is 8.00. The molecule has 1 aliphatic rings. The summed E-state index contributed by atoms with van der Waals surface area (Å²) in [7, 11) is 0. The SMILES string of the molecule is O=C(CSc1ccc(F)c(F)c1)NC1(C(=O)O)CC1. The molecule has 0 bridgehead atoms. The number of carbonyl (C=O) groups excluding carboxylic acids is 1. The van der Waals surface area contributed by atoms with Crippen LogP contribution in [0.1, 0.15) is 12.8 Å². The second-order valence-electron chi connectivity index (χ2n) is 4.30. The molecule has 4 nitrogen and oxygen atoms in total. The molecule has 0 spiro atoms. The summed E-state index contributed by atoms with van der Waals surface area (Å²) in [6, 6.07) is 3.34. The molecule has 7 heteroatoms. The number of carbonyl (C=O) groups is 2. The van der Waals surface area contributed by atoms with Crippen molar-refractivity contribution in [1.29, 1.82) is 0 Å². The summed E-state index contributed by atoms with van der Waals surface area (Å²) < 4.78 is 25.6. The normalized spacial score (nSPS) is 15.9. The van der Waals surface area contributed by atoms with Crippen molar-refractivity contribution in [3.8, 4) is 0 Å². The van der Waals surface area contributed by atoms with Gasteiger partial charge in [-0.1, -0.05) is 0 Å². The van der Waals surface area contributed by atoms with Crippen LogP contribution >= 0.6 is 11.8 Å². The quantitative estimate of drug-likeness (QED) is 0.810. The van der Waals surface area contributed by atoms with Crippen molar-refractivity contribution in [1.82, 2.24) is 5.32 Å². The Morgan fingerprint density at radius 2 is 2.00 bits per heavy atom. The monoisotopic (exact) mass is 287 g/mol. The Hall–Kier alpha value is -1.63. The van der Waals surface area contributed by atoms with Gasteiger partial charge in [-0.15, -0.1) is 11.8 Å². The second-order valence-corrected chi connectivity index (χ2v) is 5.35. The number of thioether (sulfide) groups is 1. The number of amides is 1. The Kier molecular flexibility index (Phi) is 3.75. The van der Waals surface area contributed by atoms with Crippen LogP contribution in [0.2, 0.25) is 0 Å². The molecule has 1 aromatic rings. The minimum atomic E-state index is -1.12. The van der Waals surface area contributed by atoms with E-state index in [0.717, 1.165) is 23.9 Å². The standard InChI is InChI=1S/C12H11F2NO3S/c13-8-2-1-7(5-9(8)14)19-6-10(16)15-12(3-4-12)11(17)18/h1-2,5H,3-4,6H2,(H,15,16)(H,17,18). The van der Waals surface area contributed by atoms with Crippen molar-refractivity contribution in [2.45, 2.75) is 23.3 Å². The first-order valence-corrected chi connectivity index (χ1v) is 6.54. The third-order valence-corrected chi connectivity index (χ3v) is 3.79. The minimum absolute atomic E-state index is 0.0416. The van der Waals surface area contributed by atoms with Gasteiger partial charge >= 0.3 is 5.97 Å². The van der Waals surface area contributed by atoms with Gasteiger partial charge in [0.15, 0.2) is 11.6 Å². The molecule has 102 valence electrons.